The number of benzene rings is 1. The van der Waals surface area contributed by atoms with Crippen LogP contribution in [0.2, 0.25) is 0 Å². The van der Waals surface area contributed by atoms with Crippen LogP contribution < -0.4 is 4.74 Å². The molecular weight excluding hydrogens is 278 g/mol. The molecule has 0 bridgehead atoms. The van der Waals surface area contributed by atoms with E-state index in [-0.39, 0.29) is 0 Å². The van der Waals surface area contributed by atoms with Crippen molar-refractivity contribution >= 4 is 15.9 Å². The molecule has 1 aliphatic rings. The van der Waals surface area contributed by atoms with Crippen molar-refractivity contribution in [2.75, 3.05) is 26.7 Å². The Morgan fingerprint density at radius 2 is 2.24 bits per heavy atom. The van der Waals surface area contributed by atoms with E-state index >= 15 is 0 Å². The van der Waals surface area contributed by atoms with Crippen LogP contribution in [0.4, 0.5) is 0 Å². The smallest absolute Gasteiger partial charge is 0.122 e. The summed E-state index contributed by atoms with van der Waals surface area (Å²) in [5, 5.41) is 0. The summed E-state index contributed by atoms with van der Waals surface area (Å²) >= 11 is 3.61. The highest BCUT2D eigenvalue weighted by Gasteiger charge is 2.22. The number of para-hydroxylation sites is 1. The molecule has 3 heteroatoms. The second kappa shape index (κ2) is 5.87. The van der Waals surface area contributed by atoms with E-state index in [1.54, 1.807) is 0 Å². The van der Waals surface area contributed by atoms with Gasteiger partial charge in [-0.3, -0.25) is 0 Å². The van der Waals surface area contributed by atoms with Crippen LogP contribution in [-0.4, -0.2) is 36.5 Å². The van der Waals surface area contributed by atoms with Gasteiger partial charge in [0.2, 0.25) is 0 Å². The topological polar surface area (TPSA) is 12.5 Å². The molecule has 0 aromatic heterocycles. The Bertz CT molecular complexity index is 367. The number of likely N-dealkylation sites (N-methyl/N-ethyl adjacent to an activating group) is 1. The van der Waals surface area contributed by atoms with Crippen LogP contribution in [0.3, 0.4) is 0 Å². The van der Waals surface area contributed by atoms with Gasteiger partial charge >= 0.3 is 0 Å². The number of nitrogens with zero attached hydrogens (tertiary/aromatic N) is 1. The zero-order valence-electron chi connectivity index (χ0n) is 10.5. The molecule has 1 aliphatic heterocycles. The molecule has 0 saturated heterocycles. The molecule has 2 unspecified atom stereocenters. The van der Waals surface area contributed by atoms with Gasteiger partial charge in [0.05, 0.1) is 6.61 Å². The summed E-state index contributed by atoms with van der Waals surface area (Å²) in [7, 11) is 2.19. The lowest BCUT2D eigenvalue weighted by molar-refractivity contribution is 0.233. The minimum Gasteiger partial charge on any atom is -0.493 e. The number of halogens is 1. The van der Waals surface area contributed by atoms with E-state index in [4.69, 9.17) is 4.74 Å². The summed E-state index contributed by atoms with van der Waals surface area (Å²) in [4.78, 5) is 2.94. The van der Waals surface area contributed by atoms with Crippen LogP contribution in [0.25, 0.3) is 0 Å². The highest BCUT2D eigenvalue weighted by atomic mass is 79.9. The van der Waals surface area contributed by atoms with Crippen LogP contribution >= 0.6 is 15.9 Å². The molecule has 2 nitrogen and oxygen atoms in total. The lowest BCUT2D eigenvalue weighted by Gasteiger charge is -2.29. The summed E-state index contributed by atoms with van der Waals surface area (Å²) < 4.78 is 5.69. The molecule has 1 aromatic rings. The first-order valence-electron chi connectivity index (χ1n) is 6.21. The molecule has 94 valence electrons. The van der Waals surface area contributed by atoms with E-state index < -0.39 is 0 Å². The fraction of sp³-hybridized carbons (Fsp3) is 0.571. The molecule has 1 heterocycles. The van der Waals surface area contributed by atoms with Gasteiger partial charge in [-0.1, -0.05) is 41.1 Å². The van der Waals surface area contributed by atoms with E-state index in [1.165, 1.54) is 5.56 Å². The lowest BCUT2D eigenvalue weighted by atomic mass is 9.93. The van der Waals surface area contributed by atoms with Gasteiger partial charge in [0, 0.05) is 23.8 Å². The van der Waals surface area contributed by atoms with Crippen molar-refractivity contribution in [3.63, 3.8) is 0 Å². The number of hydrogen-bond acceptors (Lipinski definition) is 2. The Balaban J connectivity index is 2.03. The first-order chi connectivity index (χ1) is 8.16. The van der Waals surface area contributed by atoms with Crippen LogP contribution in [0.15, 0.2) is 24.3 Å². The number of rotatable bonds is 4. The Morgan fingerprint density at radius 1 is 1.47 bits per heavy atom. The molecular formula is C14H20BrNO. The van der Waals surface area contributed by atoms with Gasteiger partial charge in [0.1, 0.15) is 5.75 Å². The van der Waals surface area contributed by atoms with Gasteiger partial charge in [-0.15, -0.1) is 0 Å². The van der Waals surface area contributed by atoms with Crippen molar-refractivity contribution in [1.82, 2.24) is 4.90 Å². The molecule has 0 fully saturated rings. The zero-order valence-corrected chi connectivity index (χ0v) is 12.1. The largest absolute Gasteiger partial charge is 0.493 e. The molecule has 2 rings (SSSR count). The number of alkyl halides is 1. The second-order valence-electron chi connectivity index (χ2n) is 4.87. The quantitative estimate of drug-likeness (QED) is 0.791. The molecule has 2 atom stereocenters. The molecule has 0 N–H and O–H groups in total. The highest BCUT2D eigenvalue weighted by molar-refractivity contribution is 9.09. The van der Waals surface area contributed by atoms with Gasteiger partial charge in [-0.2, -0.15) is 0 Å². The molecule has 1 aromatic carbocycles. The van der Waals surface area contributed by atoms with Gasteiger partial charge in [-0.05, 0) is 25.1 Å². The van der Waals surface area contributed by atoms with E-state index in [1.807, 2.05) is 6.07 Å². The maximum atomic E-state index is 5.69. The van der Waals surface area contributed by atoms with E-state index in [0.717, 1.165) is 31.9 Å². The molecule has 0 amide bonds. The lowest BCUT2D eigenvalue weighted by Crippen LogP contribution is -2.31. The third-order valence-electron chi connectivity index (χ3n) is 3.18. The fourth-order valence-corrected chi connectivity index (χ4v) is 2.98. The molecule has 0 aliphatic carbocycles. The average Bonchev–Trinajstić information content (AvgIpc) is 2.28. The van der Waals surface area contributed by atoms with Crippen molar-refractivity contribution in [3.05, 3.63) is 29.8 Å². The zero-order chi connectivity index (χ0) is 12.3. The summed E-state index contributed by atoms with van der Waals surface area (Å²) in [5.74, 6) is 1.68. The molecule has 0 saturated carbocycles. The summed E-state index contributed by atoms with van der Waals surface area (Å²) in [6.45, 7) is 5.23. The highest BCUT2D eigenvalue weighted by Crippen LogP contribution is 2.33. The van der Waals surface area contributed by atoms with Crippen LogP contribution in [0.1, 0.15) is 24.8 Å². The minimum atomic E-state index is 0.544. The van der Waals surface area contributed by atoms with Gasteiger partial charge in [0.15, 0.2) is 0 Å². The molecule has 0 spiro atoms. The number of hydrogen-bond donors (Lipinski definition) is 0. The van der Waals surface area contributed by atoms with Gasteiger partial charge in [0.25, 0.3) is 0 Å². The summed E-state index contributed by atoms with van der Waals surface area (Å²) in [6, 6.07) is 8.43. The predicted molar refractivity (Wildman–Crippen MR) is 75.2 cm³/mol. The van der Waals surface area contributed by atoms with Crippen molar-refractivity contribution in [2.24, 2.45) is 0 Å². The third-order valence-corrected chi connectivity index (χ3v) is 3.47. The van der Waals surface area contributed by atoms with Crippen molar-refractivity contribution in [1.29, 1.82) is 0 Å². The minimum absolute atomic E-state index is 0.544. The SMILES string of the molecule is CC(Br)CN(C)CC1CCOc2ccccc21. The first kappa shape index (κ1) is 12.9. The fourth-order valence-electron chi connectivity index (χ4n) is 2.49. The van der Waals surface area contributed by atoms with Crippen molar-refractivity contribution < 1.29 is 4.74 Å². The average molecular weight is 298 g/mol. The van der Waals surface area contributed by atoms with Crippen LogP contribution in [0, 0.1) is 0 Å². The number of ether oxygens (including phenoxy) is 1. The Kier molecular flexibility index (Phi) is 4.46. The normalized spacial score (nSPS) is 20.8. The first-order valence-corrected chi connectivity index (χ1v) is 7.12. The third kappa shape index (κ3) is 3.46. The molecule has 0 radical (unpaired) electrons. The van der Waals surface area contributed by atoms with Crippen LogP contribution in [0.5, 0.6) is 5.75 Å². The molecule has 17 heavy (non-hydrogen) atoms. The monoisotopic (exact) mass is 297 g/mol. The summed E-state index contributed by atoms with van der Waals surface area (Å²) in [6.07, 6.45) is 1.12. The maximum absolute atomic E-state index is 5.69. The Morgan fingerprint density at radius 3 is 3.00 bits per heavy atom. The van der Waals surface area contributed by atoms with Gasteiger partial charge in [-0.25, -0.2) is 0 Å². The maximum Gasteiger partial charge on any atom is 0.122 e. The number of fused-ring (bicyclic) bond motifs is 1. The summed E-state index contributed by atoms with van der Waals surface area (Å²) in [5.41, 5.74) is 1.37. The second-order valence-corrected chi connectivity index (χ2v) is 6.44. The standard InChI is InChI=1S/C14H20BrNO/c1-11(15)9-16(2)10-12-7-8-17-14-6-4-3-5-13(12)14/h3-6,11-12H,7-10H2,1-2H3. The van der Waals surface area contributed by atoms with Gasteiger partial charge < -0.3 is 9.64 Å². The van der Waals surface area contributed by atoms with Crippen LogP contribution in [-0.2, 0) is 0 Å². The van der Waals surface area contributed by atoms with Crippen molar-refractivity contribution in [3.8, 4) is 5.75 Å². The van der Waals surface area contributed by atoms with Crippen molar-refractivity contribution in [2.45, 2.75) is 24.1 Å². The predicted octanol–water partition coefficient (Wildman–Crippen LogP) is 3.27. The van der Waals surface area contributed by atoms with E-state index in [0.29, 0.717) is 10.7 Å². The van der Waals surface area contributed by atoms with E-state index in [9.17, 15) is 0 Å². The van der Waals surface area contributed by atoms with E-state index in [2.05, 4.69) is 53.0 Å². The Hall–Kier alpha value is -0.540. The Labute approximate surface area is 112 Å².